The third kappa shape index (κ3) is 7.94. The number of benzene rings is 3. The van der Waals surface area contributed by atoms with Crippen molar-refractivity contribution < 1.29 is 9.53 Å². The monoisotopic (exact) mass is 635 g/mol. The van der Waals surface area contributed by atoms with E-state index in [1.165, 1.54) is 0 Å². The summed E-state index contributed by atoms with van der Waals surface area (Å²) in [5, 5.41) is 1.08. The second-order valence-electron chi connectivity index (χ2n) is 11.6. The molecule has 9 heteroatoms. The number of carbonyl (C=O) groups excluding carboxylic acids is 1. The fraction of sp³-hybridized carbons (Fsp3) is 0.429. The van der Waals surface area contributed by atoms with Gasteiger partial charge < -0.3 is 24.0 Å². The SMILES string of the molecule is CCOCCn1c(N2CCCN(CCC(CN(C)C(=O)c3ccc(C)cc3)c3ccc(Cl)c(Cl)c3)CC2)nc2ccccc21. The van der Waals surface area contributed by atoms with Gasteiger partial charge in [-0.1, -0.05) is 59.1 Å². The molecule has 7 nitrogen and oxygen atoms in total. The smallest absolute Gasteiger partial charge is 0.253 e. The Morgan fingerprint density at radius 2 is 1.77 bits per heavy atom. The molecule has 1 unspecified atom stereocenters. The van der Waals surface area contributed by atoms with Crippen LogP contribution in [0.3, 0.4) is 0 Å². The number of halogens is 2. The van der Waals surface area contributed by atoms with Crippen molar-refractivity contribution >= 4 is 46.1 Å². The van der Waals surface area contributed by atoms with Gasteiger partial charge in [0.1, 0.15) is 0 Å². The molecule has 1 aliphatic rings. The number of anilines is 1. The highest BCUT2D eigenvalue weighted by Gasteiger charge is 2.24. The predicted molar refractivity (Wildman–Crippen MR) is 181 cm³/mol. The van der Waals surface area contributed by atoms with Gasteiger partial charge in [0.25, 0.3) is 5.91 Å². The second-order valence-corrected chi connectivity index (χ2v) is 12.5. The Morgan fingerprint density at radius 3 is 2.55 bits per heavy atom. The van der Waals surface area contributed by atoms with Gasteiger partial charge in [-0.25, -0.2) is 4.98 Å². The maximum Gasteiger partial charge on any atom is 0.253 e. The molecule has 3 aromatic carbocycles. The summed E-state index contributed by atoms with van der Waals surface area (Å²) in [5.74, 6) is 1.16. The van der Waals surface area contributed by atoms with Crippen molar-refractivity contribution in [3.63, 3.8) is 0 Å². The van der Waals surface area contributed by atoms with E-state index in [2.05, 4.69) is 32.6 Å². The van der Waals surface area contributed by atoms with Gasteiger partial charge in [0.05, 0.1) is 27.7 Å². The number of imidazole rings is 1. The Bertz CT molecular complexity index is 1540. The number of aromatic nitrogens is 2. The quantitative estimate of drug-likeness (QED) is 0.155. The zero-order valence-electron chi connectivity index (χ0n) is 26.0. The summed E-state index contributed by atoms with van der Waals surface area (Å²) in [6.07, 6.45) is 1.95. The van der Waals surface area contributed by atoms with Crippen molar-refractivity contribution in [3.05, 3.63) is 93.5 Å². The number of ether oxygens (including phenoxy) is 1. The summed E-state index contributed by atoms with van der Waals surface area (Å²) in [7, 11) is 1.88. The first-order chi connectivity index (χ1) is 21.3. The number of amides is 1. The molecular weight excluding hydrogens is 593 g/mol. The molecule has 4 aromatic rings. The van der Waals surface area contributed by atoms with Crippen molar-refractivity contribution in [2.24, 2.45) is 0 Å². The third-order valence-electron chi connectivity index (χ3n) is 8.52. The van der Waals surface area contributed by atoms with Crippen LogP contribution in [0.25, 0.3) is 11.0 Å². The van der Waals surface area contributed by atoms with Gasteiger partial charge in [-0.2, -0.15) is 0 Å². The number of likely N-dealkylation sites (N-methyl/N-ethyl adjacent to an activating group) is 1. The fourth-order valence-electron chi connectivity index (χ4n) is 6.02. The van der Waals surface area contributed by atoms with E-state index in [0.29, 0.717) is 35.4 Å². The number of para-hydroxylation sites is 2. The normalized spacial score (nSPS) is 15.0. The minimum absolute atomic E-state index is 0.0210. The van der Waals surface area contributed by atoms with Crippen LogP contribution in [0.5, 0.6) is 0 Å². The Labute approximate surface area is 271 Å². The van der Waals surface area contributed by atoms with Crippen molar-refractivity contribution in [1.82, 2.24) is 19.4 Å². The van der Waals surface area contributed by atoms with E-state index in [4.69, 9.17) is 32.9 Å². The standard InChI is InChI=1S/C35H43Cl2N5O2/c1-4-44-23-22-42-33-9-6-5-8-32(33)38-35(42)41-18-7-17-40(20-21-41)19-16-29(28-14-15-30(36)31(37)24-28)25-39(3)34(43)27-12-10-26(2)11-13-27/h5-6,8-15,24,29H,4,7,16-23,25H2,1-3H3. The number of hydrogen-bond donors (Lipinski definition) is 0. The lowest BCUT2D eigenvalue weighted by atomic mass is 9.94. The number of nitrogens with zero attached hydrogens (tertiary/aromatic N) is 5. The molecule has 44 heavy (non-hydrogen) atoms. The van der Waals surface area contributed by atoms with E-state index in [-0.39, 0.29) is 11.8 Å². The van der Waals surface area contributed by atoms with Crippen LogP contribution in [0.2, 0.25) is 10.0 Å². The third-order valence-corrected chi connectivity index (χ3v) is 9.26. The zero-order valence-corrected chi connectivity index (χ0v) is 27.5. The largest absolute Gasteiger partial charge is 0.380 e. The van der Waals surface area contributed by atoms with Crippen LogP contribution in [0, 0.1) is 6.92 Å². The van der Waals surface area contributed by atoms with Crippen molar-refractivity contribution in [3.8, 4) is 0 Å². The minimum Gasteiger partial charge on any atom is -0.380 e. The Kier molecular flexibility index (Phi) is 11.2. The van der Waals surface area contributed by atoms with Gasteiger partial charge in [-0.15, -0.1) is 0 Å². The van der Waals surface area contributed by atoms with Crippen LogP contribution in [0.4, 0.5) is 5.95 Å². The van der Waals surface area contributed by atoms with E-state index in [9.17, 15) is 4.79 Å². The molecule has 0 N–H and O–H groups in total. The molecule has 0 spiro atoms. The summed E-state index contributed by atoms with van der Waals surface area (Å²) >= 11 is 12.7. The molecule has 0 radical (unpaired) electrons. The molecule has 2 heterocycles. The highest BCUT2D eigenvalue weighted by Crippen LogP contribution is 2.30. The highest BCUT2D eigenvalue weighted by atomic mass is 35.5. The van der Waals surface area contributed by atoms with Gasteiger partial charge in [0.2, 0.25) is 5.95 Å². The first kappa shape index (κ1) is 32.3. The van der Waals surface area contributed by atoms with Crippen LogP contribution in [-0.2, 0) is 11.3 Å². The number of carbonyl (C=O) groups is 1. The van der Waals surface area contributed by atoms with E-state index in [0.717, 1.165) is 80.2 Å². The zero-order chi connectivity index (χ0) is 31.1. The Morgan fingerprint density at radius 1 is 0.977 bits per heavy atom. The lowest BCUT2D eigenvalue weighted by Crippen LogP contribution is -2.35. The van der Waals surface area contributed by atoms with Crippen LogP contribution < -0.4 is 4.90 Å². The Balaban J connectivity index is 1.27. The molecule has 0 aliphatic carbocycles. The van der Waals surface area contributed by atoms with Crippen molar-refractivity contribution in [1.29, 1.82) is 0 Å². The molecule has 1 fully saturated rings. The summed E-state index contributed by atoms with van der Waals surface area (Å²) in [5.41, 5.74) is 5.11. The fourth-order valence-corrected chi connectivity index (χ4v) is 6.32. The minimum atomic E-state index is 0.0210. The molecule has 0 bridgehead atoms. The maximum atomic E-state index is 13.3. The molecule has 1 aromatic heterocycles. The summed E-state index contributed by atoms with van der Waals surface area (Å²) in [6.45, 7) is 11.6. The summed E-state index contributed by atoms with van der Waals surface area (Å²) in [6, 6.07) is 22.0. The van der Waals surface area contributed by atoms with Gasteiger partial charge >= 0.3 is 0 Å². The maximum absolute atomic E-state index is 13.3. The van der Waals surface area contributed by atoms with Gasteiger partial charge in [0.15, 0.2) is 0 Å². The average Bonchev–Trinajstić information content (AvgIpc) is 3.22. The lowest BCUT2D eigenvalue weighted by molar-refractivity contribution is 0.0782. The first-order valence-electron chi connectivity index (χ1n) is 15.6. The molecule has 234 valence electrons. The highest BCUT2D eigenvalue weighted by molar-refractivity contribution is 6.42. The van der Waals surface area contributed by atoms with Crippen molar-refractivity contribution in [2.45, 2.75) is 39.2 Å². The lowest BCUT2D eigenvalue weighted by Gasteiger charge is -2.28. The number of hydrogen-bond acceptors (Lipinski definition) is 5. The van der Waals surface area contributed by atoms with Gasteiger partial charge in [-0.3, -0.25) is 4.79 Å². The molecule has 1 atom stereocenters. The predicted octanol–water partition coefficient (Wildman–Crippen LogP) is 7.15. The number of fused-ring (bicyclic) bond motifs is 1. The van der Waals surface area contributed by atoms with Gasteiger partial charge in [0, 0.05) is 57.9 Å². The summed E-state index contributed by atoms with van der Waals surface area (Å²) in [4.78, 5) is 25.1. The molecule has 0 saturated carbocycles. The van der Waals surface area contributed by atoms with E-state index < -0.39 is 0 Å². The van der Waals surface area contributed by atoms with Crippen molar-refractivity contribution in [2.75, 3.05) is 64.4 Å². The van der Waals surface area contributed by atoms with Crippen LogP contribution in [0.15, 0.2) is 66.7 Å². The second kappa shape index (κ2) is 15.3. The number of aryl methyl sites for hydroxylation is 1. The summed E-state index contributed by atoms with van der Waals surface area (Å²) < 4.78 is 8.01. The molecule has 5 rings (SSSR count). The molecule has 1 saturated heterocycles. The van der Waals surface area contributed by atoms with Gasteiger partial charge in [-0.05, 0) is 81.7 Å². The van der Waals surface area contributed by atoms with E-state index in [1.807, 2.05) is 74.3 Å². The molecule has 1 amide bonds. The first-order valence-corrected chi connectivity index (χ1v) is 16.4. The van der Waals surface area contributed by atoms with Crippen LogP contribution in [0.1, 0.15) is 47.2 Å². The Hall–Kier alpha value is -3.10. The average molecular weight is 637 g/mol. The van der Waals surface area contributed by atoms with Crippen LogP contribution in [-0.4, -0.2) is 84.8 Å². The van der Waals surface area contributed by atoms with E-state index >= 15 is 0 Å². The van der Waals surface area contributed by atoms with Crippen LogP contribution >= 0.6 is 23.2 Å². The molecular formula is C35H43Cl2N5O2. The topological polar surface area (TPSA) is 53.8 Å². The number of rotatable bonds is 12. The molecule has 1 aliphatic heterocycles. The van der Waals surface area contributed by atoms with E-state index in [1.54, 1.807) is 0 Å².